The van der Waals surface area contributed by atoms with Gasteiger partial charge in [0.15, 0.2) is 5.58 Å². The van der Waals surface area contributed by atoms with Crippen LogP contribution in [-0.2, 0) is 21.5 Å². The number of nitrogens with one attached hydrogen (secondary N) is 2. The van der Waals surface area contributed by atoms with E-state index in [2.05, 4.69) is 35.5 Å². The average Bonchev–Trinajstić information content (AvgIpc) is 3.48. The van der Waals surface area contributed by atoms with Crippen molar-refractivity contribution in [3.63, 3.8) is 0 Å². The molecule has 0 bridgehead atoms. The number of fused-ring (bicyclic) bond motifs is 1. The minimum atomic E-state index is -1.05. The number of benzene rings is 2. The average molecular weight is 612 g/mol. The Morgan fingerprint density at radius 1 is 1.00 bits per heavy atom. The summed E-state index contributed by atoms with van der Waals surface area (Å²) in [5.74, 6) is -1.03. The number of hydrogen-bond acceptors (Lipinski definition) is 11. The number of hydrogen-bond donors (Lipinski definition) is 2. The lowest BCUT2D eigenvalue weighted by Crippen LogP contribution is -2.46. The fourth-order valence-corrected chi connectivity index (χ4v) is 4.97. The fourth-order valence-electron chi connectivity index (χ4n) is 4.97. The summed E-state index contributed by atoms with van der Waals surface area (Å²) in [7, 11) is 1.16. The first-order chi connectivity index (χ1) is 21.7. The number of oxazole rings is 1. The molecule has 0 spiro atoms. The Labute approximate surface area is 255 Å². The van der Waals surface area contributed by atoms with Crippen molar-refractivity contribution in [2.24, 2.45) is 5.92 Å². The molecule has 6 rings (SSSR count). The summed E-state index contributed by atoms with van der Waals surface area (Å²) in [6.07, 6.45) is 1.65. The maximum Gasteiger partial charge on any atom is 0.411 e. The summed E-state index contributed by atoms with van der Waals surface area (Å²) < 4.78 is 17.5. The van der Waals surface area contributed by atoms with Gasteiger partial charge in [-0.05, 0) is 30.9 Å². The highest BCUT2D eigenvalue weighted by atomic mass is 16.5. The predicted octanol–water partition coefficient (Wildman–Crippen LogP) is 3.72. The molecule has 1 saturated carbocycles. The smallest absolute Gasteiger partial charge is 0.411 e. The molecule has 1 aliphatic rings. The highest BCUT2D eigenvalue weighted by Gasteiger charge is 2.55. The van der Waals surface area contributed by atoms with E-state index in [0.29, 0.717) is 35.4 Å². The topological polar surface area (TPSA) is 184 Å². The number of carbonyl (C=O) groups is 3. The number of amides is 2. The molecule has 45 heavy (non-hydrogen) atoms. The second kappa shape index (κ2) is 11.8. The number of Topliss-reactive ketones (excluding diaryl/α,β-unsaturated/α-hetero) is 1. The Balaban J connectivity index is 1.24. The van der Waals surface area contributed by atoms with Crippen LogP contribution in [0, 0.1) is 5.92 Å². The van der Waals surface area contributed by atoms with E-state index in [-0.39, 0.29) is 29.2 Å². The molecular formula is C31H29N7O7. The quantitative estimate of drug-likeness (QED) is 0.219. The van der Waals surface area contributed by atoms with E-state index in [1.165, 1.54) is 6.20 Å². The molecule has 14 heteroatoms. The van der Waals surface area contributed by atoms with Crippen molar-refractivity contribution in [2.45, 2.75) is 44.7 Å². The fraction of sp³-hybridized carbons (Fsp3) is 0.290. The van der Waals surface area contributed by atoms with Crippen LogP contribution in [0.5, 0.6) is 0 Å². The standard InChI is InChI=1S/C31H29N7O7/c1-17(2)23(24(40)26-36-37-29(45-26)31(13-14-31)28-33-19-11-7-8-12-21(19)44-28)35-22(39)16-38-25(18-9-5-4-6-10-18)32-15-20(27(38)41)34-30(42)43-3/h4-12,15,17,23H,13-14,16H2,1-3H3,(H,34,42)(H,35,39)/t23-/m1/s1. The van der Waals surface area contributed by atoms with E-state index in [4.69, 9.17) is 8.83 Å². The predicted molar refractivity (Wildman–Crippen MR) is 159 cm³/mol. The van der Waals surface area contributed by atoms with Crippen molar-refractivity contribution in [3.8, 4) is 11.4 Å². The Morgan fingerprint density at radius 2 is 1.73 bits per heavy atom. The molecule has 1 fully saturated rings. The van der Waals surface area contributed by atoms with Crippen LogP contribution in [0.4, 0.5) is 10.5 Å². The highest BCUT2D eigenvalue weighted by molar-refractivity contribution is 5.98. The number of carbonyl (C=O) groups excluding carboxylic acids is 3. The molecule has 230 valence electrons. The van der Waals surface area contributed by atoms with Crippen LogP contribution >= 0.6 is 0 Å². The van der Waals surface area contributed by atoms with Gasteiger partial charge in [0.05, 0.1) is 19.3 Å². The number of ether oxygens (including phenoxy) is 1. The first-order valence-electron chi connectivity index (χ1n) is 14.2. The normalized spacial score (nSPS) is 14.2. The summed E-state index contributed by atoms with van der Waals surface area (Å²) in [5.41, 5.74) is 0.313. The maximum atomic E-state index is 13.6. The van der Waals surface area contributed by atoms with Crippen molar-refractivity contribution in [3.05, 3.63) is 88.8 Å². The largest absolute Gasteiger partial charge is 0.453 e. The zero-order valence-electron chi connectivity index (χ0n) is 24.6. The van der Waals surface area contributed by atoms with Gasteiger partial charge in [0.1, 0.15) is 29.0 Å². The molecule has 0 aliphatic heterocycles. The molecule has 3 aromatic heterocycles. The van der Waals surface area contributed by atoms with E-state index in [1.807, 2.05) is 24.3 Å². The molecule has 2 aromatic carbocycles. The van der Waals surface area contributed by atoms with Gasteiger partial charge in [-0.2, -0.15) is 0 Å². The number of rotatable bonds is 10. The number of methoxy groups -OCH3 is 1. The van der Waals surface area contributed by atoms with Gasteiger partial charge in [0.25, 0.3) is 11.4 Å². The molecular weight excluding hydrogens is 582 g/mol. The molecule has 0 unspecified atom stereocenters. The van der Waals surface area contributed by atoms with Crippen molar-refractivity contribution in [1.82, 2.24) is 30.0 Å². The third-order valence-electron chi connectivity index (χ3n) is 7.57. The first-order valence-corrected chi connectivity index (χ1v) is 14.2. The zero-order valence-corrected chi connectivity index (χ0v) is 24.6. The van der Waals surface area contributed by atoms with Gasteiger partial charge >= 0.3 is 6.09 Å². The zero-order chi connectivity index (χ0) is 31.7. The highest BCUT2D eigenvalue weighted by Crippen LogP contribution is 2.53. The lowest BCUT2D eigenvalue weighted by molar-refractivity contribution is -0.122. The van der Waals surface area contributed by atoms with Crippen LogP contribution in [0.2, 0.25) is 0 Å². The van der Waals surface area contributed by atoms with Gasteiger partial charge in [0, 0.05) is 5.56 Å². The lowest BCUT2D eigenvalue weighted by Gasteiger charge is -2.20. The van der Waals surface area contributed by atoms with Crippen molar-refractivity contribution in [2.75, 3.05) is 12.4 Å². The van der Waals surface area contributed by atoms with Gasteiger partial charge < -0.3 is 18.9 Å². The lowest BCUT2D eigenvalue weighted by atomic mass is 9.99. The molecule has 2 N–H and O–H groups in total. The number of anilines is 1. The molecule has 14 nitrogen and oxygen atoms in total. The molecule has 1 aliphatic carbocycles. The van der Waals surface area contributed by atoms with Crippen LogP contribution in [0.1, 0.15) is 49.2 Å². The summed E-state index contributed by atoms with van der Waals surface area (Å²) in [6.45, 7) is 3.01. The Hall–Kier alpha value is -5.66. The molecule has 2 amide bonds. The van der Waals surface area contributed by atoms with Crippen LogP contribution in [0.15, 0.2) is 74.4 Å². The number of ketones is 1. The number of nitrogens with zero attached hydrogens (tertiary/aromatic N) is 5. The van der Waals surface area contributed by atoms with E-state index in [1.54, 1.807) is 44.2 Å². The SMILES string of the molecule is COC(=O)Nc1cnc(-c2ccccc2)n(CC(=O)N[C@@H](C(=O)c2nnc(C3(c4nc5ccccc5o4)CC3)o2)C(C)C)c1=O. The van der Waals surface area contributed by atoms with E-state index < -0.39 is 41.3 Å². The van der Waals surface area contributed by atoms with E-state index in [9.17, 15) is 19.2 Å². The second-order valence-electron chi connectivity index (χ2n) is 11.0. The van der Waals surface area contributed by atoms with Gasteiger partial charge in [-0.25, -0.2) is 14.8 Å². The number of aromatic nitrogens is 5. The monoisotopic (exact) mass is 611 g/mol. The maximum absolute atomic E-state index is 13.6. The van der Waals surface area contributed by atoms with Crippen LogP contribution in [-0.4, -0.2) is 55.7 Å². The van der Waals surface area contributed by atoms with Crippen LogP contribution in [0.3, 0.4) is 0 Å². The van der Waals surface area contributed by atoms with E-state index in [0.717, 1.165) is 11.7 Å². The summed E-state index contributed by atoms with van der Waals surface area (Å²) in [5, 5.41) is 13.2. The van der Waals surface area contributed by atoms with Gasteiger partial charge in [0.2, 0.25) is 23.5 Å². The second-order valence-corrected chi connectivity index (χ2v) is 11.0. The van der Waals surface area contributed by atoms with Gasteiger partial charge in [-0.15, -0.1) is 10.2 Å². The van der Waals surface area contributed by atoms with Crippen molar-refractivity contribution >= 4 is 34.6 Å². The summed E-state index contributed by atoms with van der Waals surface area (Å²) >= 11 is 0. The summed E-state index contributed by atoms with van der Waals surface area (Å²) in [4.78, 5) is 61.0. The first kappa shape index (κ1) is 29.4. The summed E-state index contributed by atoms with van der Waals surface area (Å²) in [6, 6.07) is 15.1. The molecule has 0 saturated heterocycles. The van der Waals surface area contributed by atoms with Crippen molar-refractivity contribution < 1.29 is 28.0 Å². The molecule has 0 radical (unpaired) electrons. The molecule has 1 atom stereocenters. The minimum Gasteiger partial charge on any atom is -0.453 e. The Bertz CT molecular complexity index is 1920. The van der Waals surface area contributed by atoms with Crippen molar-refractivity contribution in [1.29, 1.82) is 0 Å². The third kappa shape index (κ3) is 5.69. The van der Waals surface area contributed by atoms with Gasteiger partial charge in [-0.3, -0.25) is 24.3 Å². The Kier molecular flexibility index (Phi) is 7.71. The van der Waals surface area contributed by atoms with Crippen LogP contribution < -0.4 is 16.2 Å². The van der Waals surface area contributed by atoms with E-state index >= 15 is 0 Å². The Morgan fingerprint density at radius 3 is 2.42 bits per heavy atom. The molecule has 5 aromatic rings. The minimum absolute atomic E-state index is 0.183. The van der Waals surface area contributed by atoms with Gasteiger partial charge in [-0.1, -0.05) is 56.3 Å². The third-order valence-corrected chi connectivity index (χ3v) is 7.57. The van der Waals surface area contributed by atoms with Crippen LogP contribution in [0.25, 0.3) is 22.5 Å². The molecule has 3 heterocycles. The number of para-hydroxylation sites is 2.